The summed E-state index contributed by atoms with van der Waals surface area (Å²) >= 11 is 1.53. The lowest BCUT2D eigenvalue weighted by Gasteiger charge is -2.22. The molecule has 82 valence electrons. The lowest BCUT2D eigenvalue weighted by atomic mass is 9.95. The van der Waals surface area contributed by atoms with E-state index < -0.39 is 0 Å². The second kappa shape index (κ2) is 4.79. The van der Waals surface area contributed by atoms with Crippen molar-refractivity contribution < 1.29 is 4.79 Å². The van der Waals surface area contributed by atoms with Crippen LogP contribution in [0.15, 0.2) is 11.4 Å². The van der Waals surface area contributed by atoms with Crippen molar-refractivity contribution in [3.8, 4) is 0 Å². The topological polar surface area (TPSA) is 29.1 Å². The molecule has 1 aromatic heterocycles. The second-order valence-electron chi connectivity index (χ2n) is 4.24. The largest absolute Gasteiger partial charge is 0.349 e. The smallest absolute Gasteiger partial charge is 0.261 e. The van der Waals surface area contributed by atoms with Crippen LogP contribution in [0.3, 0.4) is 0 Å². The van der Waals surface area contributed by atoms with E-state index in [1.165, 1.54) is 30.6 Å². The van der Waals surface area contributed by atoms with Crippen LogP contribution >= 0.6 is 11.3 Å². The van der Waals surface area contributed by atoms with E-state index in [1.54, 1.807) is 0 Å². The zero-order valence-corrected chi connectivity index (χ0v) is 9.90. The maximum Gasteiger partial charge on any atom is 0.261 e. The summed E-state index contributed by atoms with van der Waals surface area (Å²) in [5.41, 5.74) is 1.09. The van der Waals surface area contributed by atoms with E-state index >= 15 is 0 Å². The average Bonchev–Trinajstić information content (AvgIpc) is 2.66. The highest BCUT2D eigenvalue weighted by Crippen LogP contribution is 2.20. The summed E-state index contributed by atoms with van der Waals surface area (Å²) in [6.45, 7) is 1.99. The van der Waals surface area contributed by atoms with E-state index in [2.05, 4.69) is 5.32 Å². The monoisotopic (exact) mass is 223 g/mol. The maximum atomic E-state index is 11.9. The van der Waals surface area contributed by atoms with Gasteiger partial charge in [0.25, 0.3) is 5.91 Å². The summed E-state index contributed by atoms with van der Waals surface area (Å²) in [6.07, 6.45) is 6.14. The van der Waals surface area contributed by atoms with Crippen molar-refractivity contribution in [2.24, 2.45) is 0 Å². The number of carbonyl (C=O) groups is 1. The molecule has 1 heterocycles. The summed E-state index contributed by atoms with van der Waals surface area (Å²) < 4.78 is 0. The summed E-state index contributed by atoms with van der Waals surface area (Å²) in [4.78, 5) is 12.8. The van der Waals surface area contributed by atoms with Crippen LogP contribution in [0.2, 0.25) is 0 Å². The first-order valence-corrected chi connectivity index (χ1v) is 6.50. The highest BCUT2D eigenvalue weighted by molar-refractivity contribution is 7.12. The third-order valence-electron chi connectivity index (χ3n) is 3.01. The zero-order chi connectivity index (χ0) is 10.7. The van der Waals surface area contributed by atoms with Crippen LogP contribution in [0, 0.1) is 6.92 Å². The van der Waals surface area contributed by atoms with Crippen molar-refractivity contribution in [1.82, 2.24) is 5.32 Å². The minimum atomic E-state index is 0.120. The number of aryl methyl sites for hydroxylation is 1. The minimum absolute atomic E-state index is 0.120. The number of hydrogen-bond donors (Lipinski definition) is 1. The van der Waals surface area contributed by atoms with Gasteiger partial charge in [0.15, 0.2) is 0 Å². The zero-order valence-electron chi connectivity index (χ0n) is 9.08. The van der Waals surface area contributed by atoms with Crippen LogP contribution in [0.5, 0.6) is 0 Å². The molecule has 1 fully saturated rings. The van der Waals surface area contributed by atoms with Gasteiger partial charge in [-0.2, -0.15) is 0 Å². The van der Waals surface area contributed by atoms with Crippen molar-refractivity contribution in [2.45, 2.75) is 45.1 Å². The third kappa shape index (κ3) is 2.59. The van der Waals surface area contributed by atoms with Gasteiger partial charge in [-0.3, -0.25) is 4.79 Å². The lowest BCUT2D eigenvalue weighted by molar-refractivity contribution is 0.0931. The molecule has 0 spiro atoms. The number of nitrogens with one attached hydrogen (secondary N) is 1. The van der Waals surface area contributed by atoms with Gasteiger partial charge in [-0.15, -0.1) is 11.3 Å². The first kappa shape index (κ1) is 10.7. The summed E-state index contributed by atoms with van der Waals surface area (Å²) in [5.74, 6) is 0.120. The molecule has 1 amide bonds. The van der Waals surface area contributed by atoms with Gasteiger partial charge in [-0.1, -0.05) is 19.3 Å². The molecule has 15 heavy (non-hydrogen) atoms. The second-order valence-corrected chi connectivity index (χ2v) is 5.16. The van der Waals surface area contributed by atoms with Gasteiger partial charge in [0, 0.05) is 6.04 Å². The van der Waals surface area contributed by atoms with E-state index in [1.807, 2.05) is 18.4 Å². The Kier molecular flexibility index (Phi) is 3.41. The molecule has 0 aliphatic heterocycles. The van der Waals surface area contributed by atoms with Gasteiger partial charge >= 0.3 is 0 Å². The van der Waals surface area contributed by atoms with Crippen LogP contribution in [-0.4, -0.2) is 11.9 Å². The quantitative estimate of drug-likeness (QED) is 0.820. The highest BCUT2D eigenvalue weighted by atomic mass is 32.1. The molecule has 0 unspecified atom stereocenters. The average molecular weight is 223 g/mol. The Morgan fingerprint density at radius 3 is 2.73 bits per heavy atom. The summed E-state index contributed by atoms with van der Waals surface area (Å²) in [5, 5.41) is 5.11. The van der Waals surface area contributed by atoms with E-state index in [-0.39, 0.29) is 5.91 Å². The van der Waals surface area contributed by atoms with Crippen LogP contribution in [0.25, 0.3) is 0 Å². The normalized spacial score (nSPS) is 17.7. The first-order chi connectivity index (χ1) is 7.27. The lowest BCUT2D eigenvalue weighted by Crippen LogP contribution is -2.36. The molecule has 1 saturated carbocycles. The van der Waals surface area contributed by atoms with Crippen LogP contribution < -0.4 is 5.32 Å². The fourth-order valence-corrected chi connectivity index (χ4v) is 2.93. The molecule has 0 aromatic carbocycles. The van der Waals surface area contributed by atoms with E-state index in [0.29, 0.717) is 6.04 Å². The van der Waals surface area contributed by atoms with Crippen molar-refractivity contribution in [3.63, 3.8) is 0 Å². The van der Waals surface area contributed by atoms with Gasteiger partial charge in [0.05, 0.1) is 4.88 Å². The van der Waals surface area contributed by atoms with Crippen molar-refractivity contribution in [3.05, 3.63) is 21.9 Å². The molecule has 1 aliphatic carbocycles. The molecular weight excluding hydrogens is 206 g/mol. The van der Waals surface area contributed by atoms with E-state index in [9.17, 15) is 4.79 Å². The molecule has 0 saturated heterocycles. The SMILES string of the molecule is Cc1ccsc1C(=O)NC1CCCCC1. The van der Waals surface area contributed by atoms with E-state index in [0.717, 1.165) is 23.3 Å². The Morgan fingerprint density at radius 1 is 1.40 bits per heavy atom. The van der Waals surface area contributed by atoms with Gasteiger partial charge in [0.1, 0.15) is 0 Å². The molecule has 0 atom stereocenters. The maximum absolute atomic E-state index is 11.9. The van der Waals surface area contributed by atoms with E-state index in [4.69, 9.17) is 0 Å². The Morgan fingerprint density at radius 2 is 2.13 bits per heavy atom. The molecule has 2 nitrogen and oxygen atoms in total. The minimum Gasteiger partial charge on any atom is -0.349 e. The predicted molar refractivity (Wildman–Crippen MR) is 63.4 cm³/mol. The molecule has 1 aliphatic rings. The molecular formula is C12H17NOS. The fraction of sp³-hybridized carbons (Fsp3) is 0.583. The predicted octanol–water partition coefficient (Wildman–Crippen LogP) is 3.12. The van der Waals surface area contributed by atoms with Gasteiger partial charge < -0.3 is 5.32 Å². The number of carbonyl (C=O) groups excluding carboxylic acids is 1. The van der Waals surface area contributed by atoms with Crippen molar-refractivity contribution in [1.29, 1.82) is 0 Å². The highest BCUT2D eigenvalue weighted by Gasteiger charge is 2.18. The van der Waals surface area contributed by atoms with Crippen molar-refractivity contribution in [2.75, 3.05) is 0 Å². The molecule has 0 radical (unpaired) electrons. The fourth-order valence-electron chi connectivity index (χ4n) is 2.10. The number of thiophene rings is 1. The van der Waals surface area contributed by atoms with Gasteiger partial charge in [-0.25, -0.2) is 0 Å². The van der Waals surface area contributed by atoms with Gasteiger partial charge in [-0.05, 0) is 36.8 Å². The number of amides is 1. The van der Waals surface area contributed by atoms with Crippen LogP contribution in [0.4, 0.5) is 0 Å². The summed E-state index contributed by atoms with van der Waals surface area (Å²) in [7, 11) is 0. The van der Waals surface area contributed by atoms with Crippen molar-refractivity contribution >= 4 is 17.2 Å². The summed E-state index contributed by atoms with van der Waals surface area (Å²) in [6, 6.07) is 2.41. The standard InChI is InChI=1S/C12H17NOS/c1-9-7-8-15-11(9)12(14)13-10-5-3-2-4-6-10/h7-8,10H,2-6H2,1H3,(H,13,14). The number of hydrogen-bond acceptors (Lipinski definition) is 2. The van der Waals surface area contributed by atoms with Gasteiger partial charge in [0.2, 0.25) is 0 Å². The van der Waals surface area contributed by atoms with Crippen LogP contribution in [0.1, 0.15) is 47.3 Å². The Balaban J connectivity index is 1.94. The Hall–Kier alpha value is -0.830. The Bertz CT molecular complexity index is 339. The molecule has 2 rings (SSSR count). The third-order valence-corrected chi connectivity index (χ3v) is 4.02. The molecule has 1 aromatic rings. The number of rotatable bonds is 2. The molecule has 3 heteroatoms. The first-order valence-electron chi connectivity index (χ1n) is 5.62. The Labute approximate surface area is 94.7 Å². The molecule has 0 bridgehead atoms. The molecule has 1 N–H and O–H groups in total. The van der Waals surface area contributed by atoms with Crippen LogP contribution in [-0.2, 0) is 0 Å².